The van der Waals surface area contributed by atoms with E-state index in [2.05, 4.69) is 10.6 Å². The van der Waals surface area contributed by atoms with E-state index in [0.717, 1.165) is 18.4 Å². The first-order chi connectivity index (χ1) is 16.4. The molecule has 0 radical (unpaired) electrons. The molecule has 2 fully saturated rings. The van der Waals surface area contributed by atoms with Crippen LogP contribution in [0.1, 0.15) is 31.2 Å². The van der Waals surface area contributed by atoms with Gasteiger partial charge in [-0.15, -0.1) is 0 Å². The van der Waals surface area contributed by atoms with Crippen molar-refractivity contribution in [2.45, 2.75) is 49.1 Å². The Bertz CT molecular complexity index is 1100. The molecule has 2 N–H and O–H groups in total. The van der Waals surface area contributed by atoms with Crippen molar-refractivity contribution < 1.29 is 22.7 Å². The Kier molecular flexibility index (Phi) is 7.53. The molecule has 1 aliphatic carbocycles. The number of carbonyl (C=O) groups excluding carboxylic acids is 2. The van der Waals surface area contributed by atoms with Crippen molar-refractivity contribution in [2.24, 2.45) is 5.92 Å². The van der Waals surface area contributed by atoms with E-state index in [0.29, 0.717) is 31.6 Å². The molecule has 0 unspecified atom stereocenters. The summed E-state index contributed by atoms with van der Waals surface area (Å²) >= 11 is 0. The first kappa shape index (κ1) is 24.2. The Hall–Kier alpha value is -2.91. The van der Waals surface area contributed by atoms with Crippen LogP contribution in [0, 0.1) is 5.92 Å². The third-order valence-electron chi connectivity index (χ3n) is 6.29. The summed E-state index contributed by atoms with van der Waals surface area (Å²) in [5, 5.41) is 5.88. The highest BCUT2D eigenvalue weighted by atomic mass is 32.2. The van der Waals surface area contributed by atoms with Crippen LogP contribution in [0.4, 0.5) is 0 Å². The van der Waals surface area contributed by atoms with E-state index < -0.39 is 22.0 Å². The molecule has 0 spiro atoms. The molecule has 0 bridgehead atoms. The Morgan fingerprint density at radius 2 is 1.76 bits per heavy atom. The second kappa shape index (κ2) is 10.6. The van der Waals surface area contributed by atoms with Gasteiger partial charge in [0.15, 0.2) is 0 Å². The third-order valence-corrected chi connectivity index (χ3v) is 8.17. The number of benzene rings is 2. The van der Waals surface area contributed by atoms with Gasteiger partial charge in [-0.2, -0.15) is 4.31 Å². The molecule has 2 atom stereocenters. The highest BCUT2D eigenvalue weighted by Crippen LogP contribution is 2.25. The predicted octanol–water partition coefficient (Wildman–Crippen LogP) is 2.10. The van der Waals surface area contributed by atoms with Crippen LogP contribution in [-0.2, 0) is 26.0 Å². The minimum atomic E-state index is -3.74. The summed E-state index contributed by atoms with van der Waals surface area (Å²) in [7, 11) is -2.21. The highest BCUT2D eigenvalue weighted by molar-refractivity contribution is 7.89. The molecule has 1 heterocycles. The van der Waals surface area contributed by atoms with Gasteiger partial charge in [-0.05, 0) is 55.5 Å². The molecular weight excluding hydrogens is 454 g/mol. The number of nitrogens with one attached hydrogen (secondary N) is 2. The Labute approximate surface area is 200 Å². The standard InChI is InChI=1S/C25H31N3O5S/c1-33-21-11-13-22(14-12-21)34(31,32)28-15-5-8-19(17-28)24(29)27-23(25(30)26-20-9-10-20)16-18-6-3-2-4-7-18/h2-4,6-7,11-14,19-20,23H,5,8-10,15-17H2,1H3,(H,26,30)(H,27,29)/t19-,23+/m1/s1. The number of sulfonamides is 1. The van der Waals surface area contributed by atoms with E-state index in [1.165, 1.54) is 23.5 Å². The molecule has 182 valence electrons. The number of piperidine rings is 1. The van der Waals surface area contributed by atoms with E-state index in [4.69, 9.17) is 4.74 Å². The first-order valence-electron chi connectivity index (χ1n) is 11.7. The van der Waals surface area contributed by atoms with Crippen LogP contribution in [0.25, 0.3) is 0 Å². The zero-order chi connectivity index (χ0) is 24.1. The molecule has 4 rings (SSSR count). The molecular formula is C25H31N3O5S. The van der Waals surface area contributed by atoms with Gasteiger partial charge in [-0.25, -0.2) is 8.42 Å². The number of amides is 2. The van der Waals surface area contributed by atoms with Gasteiger partial charge in [0, 0.05) is 25.6 Å². The lowest BCUT2D eigenvalue weighted by Crippen LogP contribution is -2.52. The van der Waals surface area contributed by atoms with Crippen LogP contribution in [0.2, 0.25) is 0 Å². The van der Waals surface area contributed by atoms with E-state index in [1.807, 2.05) is 30.3 Å². The van der Waals surface area contributed by atoms with Crippen molar-refractivity contribution in [1.29, 1.82) is 0 Å². The molecule has 34 heavy (non-hydrogen) atoms. The zero-order valence-electron chi connectivity index (χ0n) is 19.3. The van der Waals surface area contributed by atoms with E-state index in [-0.39, 0.29) is 29.3 Å². The Morgan fingerprint density at radius 1 is 1.06 bits per heavy atom. The topological polar surface area (TPSA) is 105 Å². The summed E-state index contributed by atoms with van der Waals surface area (Å²) in [5.41, 5.74) is 0.950. The summed E-state index contributed by atoms with van der Waals surface area (Å²) in [6.45, 7) is 0.441. The van der Waals surface area contributed by atoms with Crippen molar-refractivity contribution in [3.05, 3.63) is 60.2 Å². The molecule has 2 amide bonds. The van der Waals surface area contributed by atoms with Gasteiger partial charge in [0.05, 0.1) is 17.9 Å². The molecule has 2 aliphatic rings. The minimum absolute atomic E-state index is 0.0858. The van der Waals surface area contributed by atoms with Gasteiger partial charge in [0.2, 0.25) is 21.8 Å². The van der Waals surface area contributed by atoms with Crippen molar-refractivity contribution in [1.82, 2.24) is 14.9 Å². The van der Waals surface area contributed by atoms with Crippen LogP contribution < -0.4 is 15.4 Å². The van der Waals surface area contributed by atoms with Gasteiger partial charge < -0.3 is 15.4 Å². The van der Waals surface area contributed by atoms with Gasteiger partial charge in [-0.3, -0.25) is 9.59 Å². The average molecular weight is 486 g/mol. The number of methoxy groups -OCH3 is 1. The molecule has 8 nitrogen and oxygen atoms in total. The molecule has 2 aromatic carbocycles. The molecule has 2 aromatic rings. The van der Waals surface area contributed by atoms with Crippen molar-refractivity contribution >= 4 is 21.8 Å². The summed E-state index contributed by atoms with van der Waals surface area (Å²) in [6, 6.07) is 15.3. The summed E-state index contributed by atoms with van der Waals surface area (Å²) < 4.78 is 32.8. The van der Waals surface area contributed by atoms with Crippen molar-refractivity contribution in [3.8, 4) is 5.75 Å². The molecule has 1 saturated heterocycles. The maximum atomic E-state index is 13.2. The molecule has 1 aliphatic heterocycles. The maximum Gasteiger partial charge on any atom is 0.243 e. The van der Waals surface area contributed by atoms with Gasteiger partial charge in [0.1, 0.15) is 11.8 Å². The highest BCUT2D eigenvalue weighted by Gasteiger charge is 2.35. The fourth-order valence-corrected chi connectivity index (χ4v) is 5.67. The number of carbonyl (C=O) groups is 2. The van der Waals surface area contributed by atoms with Crippen LogP contribution in [0.5, 0.6) is 5.75 Å². The second-order valence-electron chi connectivity index (χ2n) is 8.91. The minimum Gasteiger partial charge on any atom is -0.497 e. The SMILES string of the molecule is COc1ccc(S(=O)(=O)N2CCC[C@@H](C(=O)N[C@@H](Cc3ccccc3)C(=O)NC3CC3)C2)cc1. The number of nitrogens with zero attached hydrogens (tertiary/aromatic N) is 1. The summed E-state index contributed by atoms with van der Waals surface area (Å²) in [5.74, 6) is -0.433. The van der Waals surface area contributed by atoms with Crippen LogP contribution in [-0.4, -0.2) is 56.8 Å². The predicted molar refractivity (Wildman–Crippen MR) is 128 cm³/mol. The van der Waals surface area contributed by atoms with Crippen LogP contribution >= 0.6 is 0 Å². The monoisotopic (exact) mass is 485 g/mol. The van der Waals surface area contributed by atoms with E-state index >= 15 is 0 Å². The normalized spacial score (nSPS) is 19.7. The maximum absolute atomic E-state index is 13.2. The van der Waals surface area contributed by atoms with Crippen molar-refractivity contribution in [2.75, 3.05) is 20.2 Å². The molecule has 9 heteroatoms. The lowest BCUT2D eigenvalue weighted by Gasteiger charge is -2.32. The van der Waals surface area contributed by atoms with Crippen LogP contribution in [0.3, 0.4) is 0 Å². The van der Waals surface area contributed by atoms with Gasteiger partial charge >= 0.3 is 0 Å². The second-order valence-corrected chi connectivity index (χ2v) is 10.8. The smallest absolute Gasteiger partial charge is 0.243 e. The van der Waals surface area contributed by atoms with Gasteiger partial charge in [0.25, 0.3) is 0 Å². The number of rotatable bonds is 9. The molecule has 0 aromatic heterocycles. The number of hydrogen-bond donors (Lipinski definition) is 2. The summed E-state index contributed by atoms with van der Waals surface area (Å²) in [6.07, 6.45) is 3.44. The quantitative estimate of drug-likeness (QED) is 0.566. The van der Waals surface area contributed by atoms with Gasteiger partial charge in [-0.1, -0.05) is 30.3 Å². The van der Waals surface area contributed by atoms with Crippen molar-refractivity contribution in [3.63, 3.8) is 0 Å². The first-order valence-corrected chi connectivity index (χ1v) is 13.1. The van der Waals surface area contributed by atoms with E-state index in [9.17, 15) is 18.0 Å². The average Bonchev–Trinajstić information content (AvgIpc) is 3.68. The zero-order valence-corrected chi connectivity index (χ0v) is 20.1. The van der Waals surface area contributed by atoms with E-state index in [1.54, 1.807) is 12.1 Å². The number of ether oxygens (including phenoxy) is 1. The van der Waals surface area contributed by atoms with Crippen LogP contribution in [0.15, 0.2) is 59.5 Å². The lowest BCUT2D eigenvalue weighted by atomic mass is 9.97. The third kappa shape index (κ3) is 5.95. The largest absolute Gasteiger partial charge is 0.497 e. The fourth-order valence-electron chi connectivity index (χ4n) is 4.15. The molecule has 1 saturated carbocycles. The fraction of sp³-hybridized carbons (Fsp3) is 0.440. The lowest BCUT2D eigenvalue weighted by molar-refractivity contribution is -0.131. The Balaban J connectivity index is 1.44. The Morgan fingerprint density at radius 3 is 2.41 bits per heavy atom. The number of hydrogen-bond acceptors (Lipinski definition) is 5. The summed E-state index contributed by atoms with van der Waals surface area (Å²) in [4.78, 5) is 26.2.